The molecule has 1 heterocycles. The molecule has 4 atom stereocenters. The van der Waals surface area contributed by atoms with Gasteiger partial charge in [-0.25, -0.2) is 4.79 Å². The molecule has 1 saturated heterocycles. The van der Waals surface area contributed by atoms with Crippen LogP contribution in [-0.2, 0) is 23.9 Å². The van der Waals surface area contributed by atoms with Gasteiger partial charge in [-0.15, -0.1) is 0 Å². The van der Waals surface area contributed by atoms with Gasteiger partial charge in [0.1, 0.15) is 17.7 Å². The number of nitrogens with zero attached hydrogens (tertiary/aromatic N) is 1. The number of ketones is 1. The summed E-state index contributed by atoms with van der Waals surface area (Å²) in [6.07, 6.45) is 6.88. The number of nitrogens with one attached hydrogen (secondary N) is 2. The second-order valence-electron chi connectivity index (χ2n) is 13.5. The first-order valence-electron chi connectivity index (χ1n) is 14.6. The van der Waals surface area contributed by atoms with Crippen molar-refractivity contribution in [1.29, 1.82) is 0 Å². The van der Waals surface area contributed by atoms with Crippen molar-refractivity contribution in [3.05, 3.63) is 0 Å². The molecule has 10 nitrogen and oxygen atoms in total. The Kier molecular flexibility index (Phi) is 9.70. The number of rotatable bonds is 10. The summed E-state index contributed by atoms with van der Waals surface area (Å²) >= 11 is 0. The van der Waals surface area contributed by atoms with E-state index in [1.807, 2.05) is 41.5 Å². The second-order valence-corrected chi connectivity index (χ2v) is 13.5. The maximum Gasteiger partial charge on any atom is 0.408 e. The fourth-order valence-electron chi connectivity index (χ4n) is 6.03. The Morgan fingerprint density at radius 3 is 2.13 bits per heavy atom. The molecule has 39 heavy (non-hydrogen) atoms. The summed E-state index contributed by atoms with van der Waals surface area (Å²) in [5, 5.41) is 5.58. The topological polar surface area (TPSA) is 148 Å². The maximum atomic E-state index is 14.0. The van der Waals surface area contributed by atoms with Gasteiger partial charge in [-0.3, -0.25) is 19.2 Å². The normalized spacial score (nSPS) is 24.5. The number of Topliss-reactive ketones (excluding diaryl/α,β-unsaturated/α-hetero) is 1. The van der Waals surface area contributed by atoms with Gasteiger partial charge in [0.15, 0.2) is 0 Å². The summed E-state index contributed by atoms with van der Waals surface area (Å²) < 4.78 is 5.81. The van der Waals surface area contributed by atoms with Crippen LogP contribution in [0, 0.1) is 23.2 Å². The Hall–Kier alpha value is -2.65. The smallest absolute Gasteiger partial charge is 0.408 e. The van der Waals surface area contributed by atoms with Crippen LogP contribution in [0.5, 0.6) is 0 Å². The molecule has 0 aromatic carbocycles. The standard InChI is InChI=1S/C29H48N4O6/c1-17(2)19-12-15-33(21(19)25(36)31-20(16-18-10-11-18)22(34)24(30)35)26(37)23(28(3,4)5)32-27(38)39-29(6)13-8-7-9-14-29/h17-21,23H,7-16H2,1-6H3,(H2,30,35)(H,31,36)(H,32,38)/t19-,20?,21+,23-/m1/s1. The summed E-state index contributed by atoms with van der Waals surface area (Å²) in [6.45, 7) is 11.9. The van der Waals surface area contributed by atoms with Gasteiger partial charge in [0.2, 0.25) is 17.6 Å². The molecule has 4 N–H and O–H groups in total. The molecular formula is C29H48N4O6. The van der Waals surface area contributed by atoms with Gasteiger partial charge in [-0.05, 0) is 68.6 Å². The lowest BCUT2D eigenvalue weighted by Crippen LogP contribution is -2.60. The molecule has 220 valence electrons. The SMILES string of the molecule is CC(C)[C@H]1CCN(C(=O)[C@@H](NC(=O)OC2(C)CCCCC2)C(C)(C)C)[C@@H]1C(=O)NC(CC1CC1)C(=O)C(N)=O. The van der Waals surface area contributed by atoms with E-state index in [-0.39, 0.29) is 23.7 Å². The number of primary amides is 1. The molecule has 2 aliphatic carbocycles. The molecule has 0 aromatic heterocycles. The minimum absolute atomic E-state index is 0.0875. The Labute approximate surface area is 232 Å². The molecule has 1 aliphatic heterocycles. The lowest BCUT2D eigenvalue weighted by atomic mass is 9.84. The molecule has 3 aliphatic rings. The van der Waals surface area contributed by atoms with Crippen molar-refractivity contribution in [2.45, 2.75) is 123 Å². The Balaban J connectivity index is 1.80. The van der Waals surface area contributed by atoms with Crippen LogP contribution in [0.4, 0.5) is 4.79 Å². The largest absolute Gasteiger partial charge is 0.443 e. The van der Waals surface area contributed by atoms with Crippen molar-refractivity contribution in [1.82, 2.24) is 15.5 Å². The number of hydrogen-bond acceptors (Lipinski definition) is 6. The first-order valence-corrected chi connectivity index (χ1v) is 14.6. The van der Waals surface area contributed by atoms with E-state index in [0.29, 0.717) is 19.4 Å². The van der Waals surface area contributed by atoms with Crippen LogP contribution in [0.3, 0.4) is 0 Å². The summed E-state index contributed by atoms with van der Waals surface area (Å²) in [4.78, 5) is 66.4. The molecule has 0 aromatic rings. The Morgan fingerprint density at radius 2 is 1.62 bits per heavy atom. The van der Waals surface area contributed by atoms with Gasteiger partial charge in [-0.2, -0.15) is 0 Å². The Morgan fingerprint density at radius 1 is 1.00 bits per heavy atom. The second kappa shape index (κ2) is 12.3. The first-order chi connectivity index (χ1) is 18.1. The van der Waals surface area contributed by atoms with Crippen LogP contribution in [-0.4, -0.2) is 64.8 Å². The third-order valence-electron chi connectivity index (χ3n) is 8.62. The number of alkyl carbamates (subject to hydrolysis) is 1. The zero-order valence-corrected chi connectivity index (χ0v) is 24.5. The van der Waals surface area contributed by atoms with Crippen molar-refractivity contribution in [3.8, 4) is 0 Å². The fraction of sp³-hybridized carbons (Fsp3) is 0.828. The Bertz CT molecular complexity index is 948. The molecule has 10 heteroatoms. The molecule has 2 saturated carbocycles. The average molecular weight is 549 g/mol. The summed E-state index contributed by atoms with van der Waals surface area (Å²) in [5.41, 5.74) is 4.05. The lowest BCUT2D eigenvalue weighted by molar-refractivity contribution is -0.144. The lowest BCUT2D eigenvalue weighted by Gasteiger charge is -2.38. The van der Waals surface area contributed by atoms with E-state index in [9.17, 15) is 24.0 Å². The average Bonchev–Trinajstić information content (AvgIpc) is 3.53. The van der Waals surface area contributed by atoms with Crippen molar-refractivity contribution < 1.29 is 28.7 Å². The third kappa shape index (κ3) is 7.94. The number of hydrogen-bond donors (Lipinski definition) is 3. The van der Waals surface area contributed by atoms with E-state index in [2.05, 4.69) is 10.6 Å². The fourth-order valence-corrected chi connectivity index (χ4v) is 6.03. The van der Waals surface area contributed by atoms with Crippen molar-refractivity contribution in [2.75, 3.05) is 6.54 Å². The van der Waals surface area contributed by atoms with Crippen LogP contribution in [0.1, 0.15) is 99.3 Å². The first kappa shape index (κ1) is 30.9. The van der Waals surface area contributed by atoms with Gasteiger partial charge in [0.25, 0.3) is 5.91 Å². The van der Waals surface area contributed by atoms with Crippen molar-refractivity contribution >= 4 is 29.6 Å². The predicted octanol–water partition coefficient (Wildman–Crippen LogP) is 3.06. The van der Waals surface area contributed by atoms with E-state index < -0.39 is 52.8 Å². The number of nitrogens with two attached hydrogens (primary N) is 1. The van der Waals surface area contributed by atoms with Crippen LogP contribution >= 0.6 is 0 Å². The van der Waals surface area contributed by atoms with Crippen molar-refractivity contribution in [3.63, 3.8) is 0 Å². The van der Waals surface area contributed by atoms with Gasteiger partial charge >= 0.3 is 6.09 Å². The zero-order chi connectivity index (χ0) is 29.1. The molecule has 0 bridgehead atoms. The van der Waals surface area contributed by atoms with E-state index in [0.717, 1.165) is 44.9 Å². The summed E-state index contributed by atoms with van der Waals surface area (Å²) in [6, 6.07) is -2.76. The van der Waals surface area contributed by atoms with Crippen LogP contribution in [0.25, 0.3) is 0 Å². The van der Waals surface area contributed by atoms with E-state index in [1.54, 1.807) is 0 Å². The van der Waals surface area contributed by atoms with Gasteiger partial charge in [-0.1, -0.05) is 53.9 Å². The minimum Gasteiger partial charge on any atom is -0.443 e. The van der Waals surface area contributed by atoms with E-state index in [4.69, 9.17) is 10.5 Å². The highest BCUT2D eigenvalue weighted by Gasteiger charge is 2.48. The molecule has 0 radical (unpaired) electrons. The van der Waals surface area contributed by atoms with Crippen LogP contribution < -0.4 is 16.4 Å². The summed E-state index contributed by atoms with van der Waals surface area (Å²) in [7, 11) is 0. The van der Waals surface area contributed by atoms with Crippen molar-refractivity contribution in [2.24, 2.45) is 28.9 Å². The monoisotopic (exact) mass is 548 g/mol. The number of carbonyl (C=O) groups excluding carboxylic acids is 5. The number of likely N-dealkylation sites (tertiary alicyclic amines) is 1. The molecule has 3 rings (SSSR count). The molecule has 4 amide bonds. The van der Waals surface area contributed by atoms with E-state index >= 15 is 0 Å². The van der Waals surface area contributed by atoms with Crippen LogP contribution in [0.2, 0.25) is 0 Å². The highest BCUT2D eigenvalue weighted by atomic mass is 16.6. The van der Waals surface area contributed by atoms with Gasteiger partial charge in [0, 0.05) is 6.54 Å². The molecule has 0 spiro atoms. The number of amides is 4. The quantitative estimate of drug-likeness (QED) is 0.357. The molecular weight excluding hydrogens is 500 g/mol. The predicted molar refractivity (Wildman–Crippen MR) is 146 cm³/mol. The maximum absolute atomic E-state index is 14.0. The molecule has 1 unspecified atom stereocenters. The highest BCUT2D eigenvalue weighted by molar-refractivity contribution is 6.37. The minimum atomic E-state index is -1.08. The van der Waals surface area contributed by atoms with Gasteiger partial charge < -0.3 is 26.0 Å². The summed E-state index contributed by atoms with van der Waals surface area (Å²) in [5.74, 6) is -2.52. The third-order valence-corrected chi connectivity index (χ3v) is 8.62. The molecule has 3 fully saturated rings. The number of carbonyl (C=O) groups is 5. The van der Waals surface area contributed by atoms with Crippen LogP contribution in [0.15, 0.2) is 0 Å². The van der Waals surface area contributed by atoms with Gasteiger partial charge in [0.05, 0.1) is 6.04 Å². The zero-order valence-electron chi connectivity index (χ0n) is 24.5. The number of ether oxygens (including phenoxy) is 1. The van der Waals surface area contributed by atoms with E-state index in [1.165, 1.54) is 4.90 Å². The highest BCUT2D eigenvalue weighted by Crippen LogP contribution is 2.36.